The number of nitrogens with zero attached hydrogens (tertiary/aromatic N) is 3. The minimum Gasteiger partial charge on any atom is -0.469 e. The van der Waals surface area contributed by atoms with Crippen LogP contribution in [0.1, 0.15) is 36.4 Å². The Bertz CT molecular complexity index is 702. The molecular formula is C20H31N5O2. The van der Waals surface area contributed by atoms with Crippen molar-refractivity contribution in [1.29, 1.82) is 0 Å². The van der Waals surface area contributed by atoms with Gasteiger partial charge in [-0.15, -0.1) is 0 Å². The summed E-state index contributed by atoms with van der Waals surface area (Å²) in [4.78, 5) is 4.71. The first-order valence-electron chi connectivity index (χ1n) is 9.88. The first kappa shape index (κ1) is 19.5. The molecule has 3 heterocycles. The second-order valence-corrected chi connectivity index (χ2v) is 7.01. The molecule has 148 valence electrons. The molecule has 1 fully saturated rings. The minimum atomic E-state index is 0.253. The van der Waals surface area contributed by atoms with Crippen molar-refractivity contribution in [3.05, 3.63) is 41.6 Å². The van der Waals surface area contributed by atoms with Crippen molar-refractivity contribution in [2.24, 2.45) is 4.99 Å². The molecule has 1 unspecified atom stereocenters. The van der Waals surface area contributed by atoms with Gasteiger partial charge in [-0.2, -0.15) is 5.10 Å². The van der Waals surface area contributed by atoms with Crippen LogP contribution >= 0.6 is 0 Å². The van der Waals surface area contributed by atoms with E-state index in [2.05, 4.69) is 33.4 Å². The molecule has 0 spiro atoms. The van der Waals surface area contributed by atoms with Gasteiger partial charge in [0.15, 0.2) is 5.96 Å². The average Bonchev–Trinajstić information content (AvgIpc) is 3.39. The number of hydrogen-bond acceptors (Lipinski definition) is 4. The highest BCUT2D eigenvalue weighted by Gasteiger charge is 2.15. The van der Waals surface area contributed by atoms with E-state index < -0.39 is 0 Å². The molecule has 1 aliphatic rings. The Morgan fingerprint density at radius 1 is 1.33 bits per heavy atom. The van der Waals surface area contributed by atoms with E-state index in [4.69, 9.17) is 14.1 Å². The number of nitrogens with one attached hydrogen (secondary N) is 2. The normalized spacial score (nSPS) is 17.4. The van der Waals surface area contributed by atoms with Gasteiger partial charge in [0.2, 0.25) is 0 Å². The highest BCUT2D eigenvalue weighted by molar-refractivity contribution is 5.79. The quantitative estimate of drug-likeness (QED) is 0.401. The zero-order valence-corrected chi connectivity index (χ0v) is 16.4. The maximum atomic E-state index is 5.68. The molecule has 0 aromatic carbocycles. The first-order chi connectivity index (χ1) is 13.2. The van der Waals surface area contributed by atoms with E-state index >= 15 is 0 Å². The summed E-state index contributed by atoms with van der Waals surface area (Å²) in [5.74, 6) is 1.82. The topological polar surface area (TPSA) is 76.6 Å². The lowest BCUT2D eigenvalue weighted by atomic mass is 10.2. The molecule has 0 saturated carbocycles. The van der Waals surface area contributed by atoms with E-state index in [1.54, 1.807) is 6.26 Å². The summed E-state index contributed by atoms with van der Waals surface area (Å²) < 4.78 is 13.1. The van der Waals surface area contributed by atoms with E-state index in [0.29, 0.717) is 6.54 Å². The van der Waals surface area contributed by atoms with Crippen molar-refractivity contribution in [2.75, 3.05) is 26.2 Å². The van der Waals surface area contributed by atoms with Crippen molar-refractivity contribution in [1.82, 2.24) is 20.4 Å². The summed E-state index contributed by atoms with van der Waals surface area (Å²) >= 11 is 0. The van der Waals surface area contributed by atoms with Crippen molar-refractivity contribution in [2.45, 2.75) is 52.2 Å². The number of guanidine groups is 1. The lowest BCUT2D eigenvalue weighted by Crippen LogP contribution is -2.39. The summed E-state index contributed by atoms with van der Waals surface area (Å²) in [7, 11) is 0. The summed E-state index contributed by atoms with van der Waals surface area (Å²) in [5.41, 5.74) is 2.27. The lowest BCUT2D eigenvalue weighted by Gasteiger charge is -2.14. The molecule has 0 radical (unpaired) electrons. The molecular weight excluding hydrogens is 342 g/mol. The third kappa shape index (κ3) is 6.43. The van der Waals surface area contributed by atoms with Crippen LogP contribution in [0.4, 0.5) is 0 Å². The van der Waals surface area contributed by atoms with Gasteiger partial charge in [-0.1, -0.05) is 0 Å². The fraction of sp³-hybridized carbons (Fsp3) is 0.600. The summed E-state index contributed by atoms with van der Waals surface area (Å²) in [6.45, 7) is 8.21. The number of aliphatic imine (C=N–C) groups is 1. The Hall–Kier alpha value is -2.28. The smallest absolute Gasteiger partial charge is 0.191 e. The zero-order chi connectivity index (χ0) is 18.9. The van der Waals surface area contributed by atoms with Gasteiger partial charge in [-0.25, -0.2) is 0 Å². The van der Waals surface area contributed by atoms with E-state index in [9.17, 15) is 0 Å². The molecule has 2 N–H and O–H groups in total. The van der Waals surface area contributed by atoms with Gasteiger partial charge in [-0.3, -0.25) is 9.67 Å². The van der Waals surface area contributed by atoms with Crippen LogP contribution < -0.4 is 10.6 Å². The second kappa shape index (κ2) is 10.2. The first-order valence-corrected chi connectivity index (χ1v) is 9.88. The van der Waals surface area contributed by atoms with Crippen molar-refractivity contribution in [3.63, 3.8) is 0 Å². The molecule has 1 atom stereocenters. The van der Waals surface area contributed by atoms with E-state index in [0.717, 1.165) is 69.3 Å². The Balaban J connectivity index is 1.44. The maximum absolute atomic E-state index is 5.68. The van der Waals surface area contributed by atoms with E-state index in [1.165, 1.54) is 5.69 Å². The van der Waals surface area contributed by atoms with Crippen LogP contribution in [0.15, 0.2) is 33.9 Å². The predicted octanol–water partition coefficient (Wildman–Crippen LogP) is 2.44. The second-order valence-electron chi connectivity index (χ2n) is 7.01. The third-order valence-electron chi connectivity index (χ3n) is 4.66. The molecule has 1 aliphatic heterocycles. The minimum absolute atomic E-state index is 0.253. The van der Waals surface area contributed by atoms with Gasteiger partial charge < -0.3 is 19.8 Å². The number of ether oxygens (including phenoxy) is 1. The fourth-order valence-corrected chi connectivity index (χ4v) is 3.25. The molecule has 2 aromatic heterocycles. The molecule has 1 saturated heterocycles. The summed E-state index contributed by atoms with van der Waals surface area (Å²) in [6, 6.07) is 6.02. The maximum Gasteiger partial charge on any atom is 0.191 e. The Morgan fingerprint density at radius 2 is 2.22 bits per heavy atom. The third-order valence-corrected chi connectivity index (χ3v) is 4.66. The molecule has 3 rings (SSSR count). The Morgan fingerprint density at radius 3 is 2.93 bits per heavy atom. The van der Waals surface area contributed by atoms with Crippen LogP contribution in [0.3, 0.4) is 0 Å². The van der Waals surface area contributed by atoms with Gasteiger partial charge in [0, 0.05) is 38.4 Å². The fourth-order valence-electron chi connectivity index (χ4n) is 3.25. The standard InChI is InChI=1S/C20H31N5O2/c1-16-14-17(2)25(24-16)11-5-9-21-20(23-15-19-7-4-13-27-19)22-10-8-18-6-3-12-26-18/h3,6,12,14,19H,4-5,7-11,13,15H2,1-2H3,(H2,21,22,23). The number of rotatable bonds is 9. The Labute approximate surface area is 161 Å². The van der Waals surface area contributed by atoms with Gasteiger partial charge in [-0.05, 0) is 51.3 Å². The van der Waals surface area contributed by atoms with Crippen LogP contribution in [0.25, 0.3) is 0 Å². The van der Waals surface area contributed by atoms with Crippen molar-refractivity contribution in [3.8, 4) is 0 Å². The van der Waals surface area contributed by atoms with Gasteiger partial charge in [0.1, 0.15) is 5.76 Å². The molecule has 0 bridgehead atoms. The number of aryl methyl sites for hydroxylation is 3. The Kier molecular flexibility index (Phi) is 7.33. The van der Waals surface area contributed by atoms with Crippen molar-refractivity contribution < 1.29 is 9.15 Å². The van der Waals surface area contributed by atoms with Crippen LogP contribution in [0, 0.1) is 13.8 Å². The number of furan rings is 1. The lowest BCUT2D eigenvalue weighted by molar-refractivity contribution is 0.117. The van der Waals surface area contributed by atoms with E-state index in [1.807, 2.05) is 19.1 Å². The summed E-state index contributed by atoms with van der Waals surface area (Å²) in [6.07, 6.45) is 6.01. The average molecular weight is 374 g/mol. The van der Waals surface area contributed by atoms with Crippen LogP contribution in [-0.4, -0.2) is 48.1 Å². The highest BCUT2D eigenvalue weighted by Crippen LogP contribution is 2.11. The largest absolute Gasteiger partial charge is 0.469 e. The SMILES string of the molecule is Cc1cc(C)n(CCCNC(=NCC2CCCO2)NCCc2ccco2)n1. The molecule has 27 heavy (non-hydrogen) atoms. The molecule has 7 heteroatoms. The van der Waals surface area contributed by atoms with Gasteiger partial charge in [0.05, 0.1) is 24.6 Å². The zero-order valence-electron chi connectivity index (χ0n) is 16.4. The monoisotopic (exact) mass is 373 g/mol. The van der Waals surface area contributed by atoms with Crippen molar-refractivity contribution >= 4 is 5.96 Å². The molecule has 2 aromatic rings. The van der Waals surface area contributed by atoms with Gasteiger partial charge >= 0.3 is 0 Å². The van der Waals surface area contributed by atoms with Crippen LogP contribution in [0.2, 0.25) is 0 Å². The summed E-state index contributed by atoms with van der Waals surface area (Å²) in [5, 5.41) is 11.3. The molecule has 0 aliphatic carbocycles. The van der Waals surface area contributed by atoms with Crippen LogP contribution in [-0.2, 0) is 17.7 Å². The number of aromatic nitrogens is 2. The molecule has 0 amide bonds. The van der Waals surface area contributed by atoms with Gasteiger partial charge in [0.25, 0.3) is 0 Å². The van der Waals surface area contributed by atoms with E-state index in [-0.39, 0.29) is 6.10 Å². The predicted molar refractivity (Wildman–Crippen MR) is 106 cm³/mol. The highest BCUT2D eigenvalue weighted by atomic mass is 16.5. The number of hydrogen-bond donors (Lipinski definition) is 2. The van der Waals surface area contributed by atoms with Crippen LogP contribution in [0.5, 0.6) is 0 Å². The molecule has 7 nitrogen and oxygen atoms in total.